The second-order valence-corrected chi connectivity index (χ2v) is 4.49. The first-order valence-electron chi connectivity index (χ1n) is 5.87. The van der Waals surface area contributed by atoms with Crippen LogP contribution in [0.4, 0.5) is 8.78 Å². The van der Waals surface area contributed by atoms with Crippen LogP contribution < -0.4 is 4.74 Å². The Balaban J connectivity index is 2.31. The van der Waals surface area contributed by atoms with E-state index in [0.717, 1.165) is 38.2 Å². The van der Waals surface area contributed by atoms with Crippen molar-refractivity contribution in [2.24, 2.45) is 5.92 Å². The lowest BCUT2D eigenvalue weighted by Crippen LogP contribution is -2.18. The molecule has 1 aromatic carbocycles. The van der Waals surface area contributed by atoms with Crippen LogP contribution in [0, 0.1) is 5.92 Å². The van der Waals surface area contributed by atoms with Gasteiger partial charge in [-0.2, -0.15) is 8.78 Å². The Morgan fingerprint density at radius 1 is 1.47 bits per heavy atom. The van der Waals surface area contributed by atoms with E-state index in [9.17, 15) is 13.6 Å². The lowest BCUT2D eigenvalue weighted by atomic mass is 10.1. The Morgan fingerprint density at radius 3 is 2.68 bits per heavy atom. The molecule has 6 heteroatoms. The Bertz CT molecular complexity index is 484. The molecule has 0 amide bonds. The summed E-state index contributed by atoms with van der Waals surface area (Å²) < 4.78 is 36.6. The molecule has 0 bridgehead atoms. The standard InChI is InChI=1S/C13H14F2O4/c1-18-13(14,15)10-5-4-9(12(16)17)6-11(10)19-7-8-2-3-8/h4-6,8H,2-3,7H2,1H3,(H,16,17). The Labute approximate surface area is 108 Å². The van der Waals surface area contributed by atoms with Gasteiger partial charge in [0.05, 0.1) is 17.7 Å². The first-order valence-corrected chi connectivity index (χ1v) is 5.87. The molecular weight excluding hydrogens is 258 g/mol. The molecule has 1 aliphatic rings. The van der Waals surface area contributed by atoms with Gasteiger partial charge in [0.15, 0.2) is 0 Å². The zero-order valence-electron chi connectivity index (χ0n) is 10.4. The van der Waals surface area contributed by atoms with Crippen molar-refractivity contribution in [3.63, 3.8) is 0 Å². The van der Waals surface area contributed by atoms with Gasteiger partial charge in [-0.3, -0.25) is 0 Å². The maximum atomic E-state index is 13.6. The highest BCUT2D eigenvalue weighted by Gasteiger charge is 2.36. The number of carbonyl (C=O) groups is 1. The fourth-order valence-corrected chi connectivity index (χ4v) is 1.62. The number of rotatable bonds is 6. The molecule has 0 atom stereocenters. The van der Waals surface area contributed by atoms with Crippen molar-refractivity contribution in [3.8, 4) is 5.75 Å². The van der Waals surface area contributed by atoms with Crippen LogP contribution in [0.5, 0.6) is 5.75 Å². The van der Waals surface area contributed by atoms with Gasteiger partial charge in [-0.15, -0.1) is 0 Å². The van der Waals surface area contributed by atoms with Gasteiger partial charge in [-0.25, -0.2) is 4.79 Å². The third kappa shape index (κ3) is 3.20. The van der Waals surface area contributed by atoms with Crippen molar-refractivity contribution in [2.45, 2.75) is 19.0 Å². The highest BCUT2D eigenvalue weighted by molar-refractivity contribution is 5.88. The number of alkyl halides is 2. The largest absolute Gasteiger partial charge is 0.493 e. The van der Waals surface area contributed by atoms with Gasteiger partial charge in [0.1, 0.15) is 5.75 Å². The monoisotopic (exact) mass is 272 g/mol. The summed E-state index contributed by atoms with van der Waals surface area (Å²) in [5, 5.41) is 8.88. The summed E-state index contributed by atoms with van der Waals surface area (Å²) in [6.07, 6.45) is -1.49. The molecule has 1 fully saturated rings. The van der Waals surface area contributed by atoms with Crippen LogP contribution in [-0.4, -0.2) is 24.8 Å². The third-order valence-electron chi connectivity index (χ3n) is 2.97. The lowest BCUT2D eigenvalue weighted by molar-refractivity contribution is -0.232. The van der Waals surface area contributed by atoms with Crippen LogP contribution in [0.25, 0.3) is 0 Å². The summed E-state index contributed by atoms with van der Waals surface area (Å²) in [6.45, 7) is 0.315. The van der Waals surface area contributed by atoms with Crippen molar-refractivity contribution in [2.75, 3.05) is 13.7 Å². The number of hydrogen-bond donors (Lipinski definition) is 1. The van der Waals surface area contributed by atoms with E-state index in [0.29, 0.717) is 12.5 Å². The number of carboxylic acids is 1. The van der Waals surface area contributed by atoms with Crippen molar-refractivity contribution in [1.82, 2.24) is 0 Å². The minimum absolute atomic E-state index is 0.0959. The molecule has 4 nitrogen and oxygen atoms in total. The number of benzene rings is 1. The molecule has 19 heavy (non-hydrogen) atoms. The third-order valence-corrected chi connectivity index (χ3v) is 2.97. The van der Waals surface area contributed by atoms with E-state index >= 15 is 0 Å². The van der Waals surface area contributed by atoms with Crippen LogP contribution in [0.15, 0.2) is 18.2 Å². The predicted octanol–water partition coefficient (Wildman–Crippen LogP) is 2.87. The summed E-state index contributed by atoms with van der Waals surface area (Å²) in [7, 11) is 0.885. The van der Waals surface area contributed by atoms with Crippen molar-refractivity contribution >= 4 is 5.97 Å². The van der Waals surface area contributed by atoms with E-state index < -0.39 is 17.6 Å². The van der Waals surface area contributed by atoms with Crippen LogP contribution >= 0.6 is 0 Å². The predicted molar refractivity (Wildman–Crippen MR) is 62.5 cm³/mol. The summed E-state index contributed by atoms with van der Waals surface area (Å²) in [5.41, 5.74) is -0.554. The molecule has 2 rings (SSSR count). The number of ether oxygens (including phenoxy) is 2. The molecule has 104 valence electrons. The Kier molecular flexibility index (Phi) is 3.71. The minimum atomic E-state index is -3.50. The molecule has 1 N–H and O–H groups in total. The highest BCUT2D eigenvalue weighted by Crippen LogP contribution is 2.37. The maximum absolute atomic E-state index is 13.6. The zero-order chi connectivity index (χ0) is 14.0. The molecule has 1 aromatic rings. The Hall–Kier alpha value is -1.69. The molecule has 0 radical (unpaired) electrons. The highest BCUT2D eigenvalue weighted by atomic mass is 19.3. The van der Waals surface area contributed by atoms with E-state index in [1.807, 2.05) is 0 Å². The molecule has 0 aromatic heterocycles. The number of aromatic carboxylic acids is 1. The molecule has 0 spiro atoms. The maximum Gasteiger partial charge on any atom is 0.386 e. The van der Waals surface area contributed by atoms with Gasteiger partial charge in [0.2, 0.25) is 0 Å². The van der Waals surface area contributed by atoms with Gasteiger partial charge in [0, 0.05) is 7.11 Å². The number of carboxylic acid groups (broad SMARTS) is 1. The molecule has 1 saturated carbocycles. The van der Waals surface area contributed by atoms with Gasteiger partial charge < -0.3 is 14.6 Å². The molecule has 0 aliphatic heterocycles. The summed E-state index contributed by atoms with van der Waals surface area (Å²) >= 11 is 0. The van der Waals surface area contributed by atoms with E-state index in [4.69, 9.17) is 9.84 Å². The van der Waals surface area contributed by atoms with Gasteiger partial charge in [0.25, 0.3) is 0 Å². The van der Waals surface area contributed by atoms with E-state index in [1.54, 1.807) is 0 Å². The SMILES string of the molecule is COC(F)(F)c1ccc(C(=O)O)cc1OCC1CC1. The summed E-state index contributed by atoms with van der Waals surface area (Å²) in [4.78, 5) is 10.9. The minimum Gasteiger partial charge on any atom is -0.493 e. The van der Waals surface area contributed by atoms with Gasteiger partial charge in [-0.05, 0) is 37.0 Å². The topological polar surface area (TPSA) is 55.8 Å². The smallest absolute Gasteiger partial charge is 0.386 e. The second-order valence-electron chi connectivity index (χ2n) is 4.49. The fraction of sp³-hybridized carbons (Fsp3) is 0.462. The van der Waals surface area contributed by atoms with Crippen molar-refractivity contribution in [3.05, 3.63) is 29.3 Å². The van der Waals surface area contributed by atoms with Crippen molar-refractivity contribution < 1.29 is 28.2 Å². The second kappa shape index (κ2) is 5.13. The van der Waals surface area contributed by atoms with Crippen LogP contribution in [0.1, 0.15) is 28.8 Å². The van der Waals surface area contributed by atoms with E-state index in [-0.39, 0.29) is 11.3 Å². The summed E-state index contributed by atoms with van der Waals surface area (Å²) in [6, 6.07) is 3.23. The molecule has 1 aliphatic carbocycles. The van der Waals surface area contributed by atoms with Crippen LogP contribution in [0.2, 0.25) is 0 Å². The van der Waals surface area contributed by atoms with Gasteiger partial charge >= 0.3 is 12.1 Å². The molecular formula is C13H14F2O4. The van der Waals surface area contributed by atoms with Crippen LogP contribution in [0.3, 0.4) is 0 Å². The first kappa shape index (κ1) is 13.7. The van der Waals surface area contributed by atoms with E-state index in [1.165, 1.54) is 0 Å². The first-order chi connectivity index (χ1) is 8.94. The Morgan fingerprint density at radius 2 is 2.16 bits per heavy atom. The number of halogens is 2. The quantitative estimate of drug-likeness (QED) is 0.865. The van der Waals surface area contributed by atoms with E-state index in [2.05, 4.69) is 4.74 Å². The lowest BCUT2D eigenvalue weighted by Gasteiger charge is -2.18. The number of methoxy groups -OCH3 is 1. The average Bonchev–Trinajstić information content (AvgIpc) is 3.19. The van der Waals surface area contributed by atoms with Gasteiger partial charge in [-0.1, -0.05) is 0 Å². The average molecular weight is 272 g/mol. The van der Waals surface area contributed by atoms with Crippen molar-refractivity contribution in [1.29, 1.82) is 0 Å². The normalized spacial score (nSPS) is 15.3. The fourth-order valence-electron chi connectivity index (χ4n) is 1.62. The zero-order valence-corrected chi connectivity index (χ0v) is 10.4. The summed E-state index contributed by atoms with van der Waals surface area (Å²) in [5.74, 6) is -0.959. The molecule has 0 saturated heterocycles. The molecule has 0 unspecified atom stereocenters. The molecule has 0 heterocycles. The number of hydrogen-bond acceptors (Lipinski definition) is 3. The van der Waals surface area contributed by atoms with Crippen LogP contribution in [-0.2, 0) is 10.8 Å².